The van der Waals surface area contributed by atoms with E-state index in [0.29, 0.717) is 5.56 Å². The Bertz CT molecular complexity index is 472. The SMILES string of the molecule is CC(C)(C)OC(=O)NCC(CN)c1cccc(Cl)c1O. The van der Waals surface area contributed by atoms with Gasteiger partial charge < -0.3 is 20.9 Å². The van der Waals surface area contributed by atoms with E-state index >= 15 is 0 Å². The normalized spacial score (nSPS) is 12.8. The first-order valence-corrected chi connectivity index (χ1v) is 6.76. The molecule has 112 valence electrons. The van der Waals surface area contributed by atoms with Crippen molar-refractivity contribution in [1.82, 2.24) is 5.32 Å². The minimum Gasteiger partial charge on any atom is -0.506 e. The predicted octanol–water partition coefficient (Wildman–Crippen LogP) is 2.61. The summed E-state index contributed by atoms with van der Waals surface area (Å²) in [6, 6.07) is 5.05. The van der Waals surface area contributed by atoms with Gasteiger partial charge in [-0.3, -0.25) is 0 Å². The number of hydrogen-bond acceptors (Lipinski definition) is 4. The predicted molar refractivity (Wildman–Crippen MR) is 79.1 cm³/mol. The lowest BCUT2D eigenvalue weighted by atomic mass is 9.98. The van der Waals surface area contributed by atoms with E-state index in [9.17, 15) is 9.90 Å². The summed E-state index contributed by atoms with van der Waals surface area (Å²) >= 11 is 5.86. The van der Waals surface area contributed by atoms with Gasteiger partial charge in [0.2, 0.25) is 0 Å². The van der Waals surface area contributed by atoms with Crippen LogP contribution < -0.4 is 11.1 Å². The zero-order valence-corrected chi connectivity index (χ0v) is 12.7. The summed E-state index contributed by atoms with van der Waals surface area (Å²) in [5.41, 5.74) is 5.74. The maximum atomic E-state index is 11.6. The number of aromatic hydroxyl groups is 1. The minimum absolute atomic E-state index is 0.00407. The van der Waals surface area contributed by atoms with E-state index in [1.54, 1.807) is 39.0 Å². The largest absolute Gasteiger partial charge is 0.506 e. The van der Waals surface area contributed by atoms with Gasteiger partial charge in [-0.15, -0.1) is 0 Å². The van der Waals surface area contributed by atoms with E-state index in [2.05, 4.69) is 5.32 Å². The van der Waals surface area contributed by atoms with Crippen molar-refractivity contribution in [2.45, 2.75) is 32.3 Å². The molecular weight excluding hydrogens is 280 g/mol. The van der Waals surface area contributed by atoms with Crippen molar-refractivity contribution in [1.29, 1.82) is 0 Å². The van der Waals surface area contributed by atoms with Gasteiger partial charge in [0.1, 0.15) is 11.4 Å². The van der Waals surface area contributed by atoms with E-state index in [0.717, 1.165) is 0 Å². The average Bonchev–Trinajstić information content (AvgIpc) is 2.32. The Labute approximate surface area is 124 Å². The molecule has 0 fully saturated rings. The molecule has 0 saturated carbocycles. The van der Waals surface area contributed by atoms with Gasteiger partial charge in [0, 0.05) is 24.6 Å². The lowest BCUT2D eigenvalue weighted by Crippen LogP contribution is -2.36. The summed E-state index contributed by atoms with van der Waals surface area (Å²) in [6.45, 7) is 5.89. The van der Waals surface area contributed by atoms with Crippen LogP contribution in [0.5, 0.6) is 5.75 Å². The summed E-state index contributed by atoms with van der Waals surface area (Å²) in [5, 5.41) is 12.8. The number of halogens is 1. The highest BCUT2D eigenvalue weighted by molar-refractivity contribution is 6.32. The Balaban J connectivity index is 2.69. The number of benzene rings is 1. The molecule has 1 rings (SSSR count). The second-order valence-corrected chi connectivity index (χ2v) is 5.90. The van der Waals surface area contributed by atoms with Crippen LogP contribution >= 0.6 is 11.6 Å². The van der Waals surface area contributed by atoms with Crippen molar-refractivity contribution in [3.05, 3.63) is 28.8 Å². The number of nitrogens with two attached hydrogens (primary N) is 1. The molecule has 0 spiro atoms. The smallest absolute Gasteiger partial charge is 0.407 e. The summed E-state index contributed by atoms with van der Waals surface area (Å²) in [7, 11) is 0. The molecular formula is C14H21ClN2O3. The number of para-hydroxylation sites is 1. The monoisotopic (exact) mass is 300 g/mol. The number of amides is 1. The van der Waals surface area contributed by atoms with Gasteiger partial charge in [0.05, 0.1) is 5.02 Å². The minimum atomic E-state index is -0.555. The Hall–Kier alpha value is -1.46. The fourth-order valence-electron chi connectivity index (χ4n) is 1.70. The van der Waals surface area contributed by atoms with Crippen LogP contribution in [0.3, 0.4) is 0 Å². The number of ether oxygens (including phenoxy) is 1. The lowest BCUT2D eigenvalue weighted by Gasteiger charge is -2.22. The summed E-state index contributed by atoms with van der Waals surface area (Å²) in [4.78, 5) is 11.6. The quantitative estimate of drug-likeness (QED) is 0.798. The standard InChI is InChI=1S/C14H21ClN2O3/c1-14(2,3)20-13(19)17-8-9(7-16)10-5-4-6-11(15)12(10)18/h4-6,9,18H,7-8,16H2,1-3H3,(H,17,19). The molecule has 0 aliphatic rings. The van der Waals surface area contributed by atoms with Crippen LogP contribution in [0.1, 0.15) is 32.3 Å². The Kier molecular flexibility index (Phi) is 5.65. The van der Waals surface area contributed by atoms with Crippen LogP contribution in [0.4, 0.5) is 4.79 Å². The number of nitrogens with one attached hydrogen (secondary N) is 1. The first kappa shape index (κ1) is 16.6. The molecule has 1 aromatic rings. The molecule has 5 nitrogen and oxygen atoms in total. The maximum absolute atomic E-state index is 11.6. The van der Waals surface area contributed by atoms with Crippen LogP contribution in [0.2, 0.25) is 5.02 Å². The number of phenols is 1. The average molecular weight is 301 g/mol. The number of hydrogen-bond donors (Lipinski definition) is 3. The van der Waals surface area contributed by atoms with E-state index in [1.165, 1.54) is 0 Å². The molecule has 0 bridgehead atoms. The van der Waals surface area contributed by atoms with Crippen molar-refractivity contribution in [2.75, 3.05) is 13.1 Å². The van der Waals surface area contributed by atoms with Gasteiger partial charge in [-0.2, -0.15) is 0 Å². The molecule has 1 atom stereocenters. The third kappa shape index (κ3) is 4.90. The zero-order valence-electron chi connectivity index (χ0n) is 11.9. The number of carbonyl (C=O) groups excluding carboxylic acids is 1. The lowest BCUT2D eigenvalue weighted by molar-refractivity contribution is 0.0524. The molecule has 0 aliphatic carbocycles. The van der Waals surface area contributed by atoms with E-state index in [4.69, 9.17) is 22.1 Å². The van der Waals surface area contributed by atoms with Crippen molar-refractivity contribution in [3.8, 4) is 5.75 Å². The Morgan fingerprint density at radius 2 is 2.15 bits per heavy atom. The highest BCUT2D eigenvalue weighted by atomic mass is 35.5. The first-order valence-electron chi connectivity index (χ1n) is 6.39. The summed E-state index contributed by atoms with van der Waals surface area (Å²) in [5.74, 6) is -0.239. The second-order valence-electron chi connectivity index (χ2n) is 5.49. The topological polar surface area (TPSA) is 84.6 Å². The molecule has 1 aromatic carbocycles. The van der Waals surface area contributed by atoms with Crippen LogP contribution in [0.15, 0.2) is 18.2 Å². The fourth-order valence-corrected chi connectivity index (χ4v) is 1.88. The van der Waals surface area contributed by atoms with Gasteiger partial charge in [0.15, 0.2) is 0 Å². The Morgan fingerprint density at radius 1 is 1.50 bits per heavy atom. The fraction of sp³-hybridized carbons (Fsp3) is 0.500. The molecule has 6 heteroatoms. The molecule has 1 amide bonds. The summed E-state index contributed by atoms with van der Waals surface area (Å²) < 4.78 is 5.14. The van der Waals surface area contributed by atoms with Crippen molar-refractivity contribution >= 4 is 17.7 Å². The van der Waals surface area contributed by atoms with Crippen LogP contribution in [0, 0.1) is 0 Å². The third-order valence-electron chi connectivity index (χ3n) is 2.63. The number of alkyl carbamates (subject to hydrolysis) is 1. The molecule has 0 heterocycles. The molecule has 4 N–H and O–H groups in total. The molecule has 20 heavy (non-hydrogen) atoms. The summed E-state index contributed by atoms with van der Waals surface area (Å²) in [6.07, 6.45) is -0.516. The number of carbonyl (C=O) groups is 1. The van der Waals surface area contributed by atoms with E-state index in [-0.39, 0.29) is 29.8 Å². The molecule has 0 aliphatic heterocycles. The van der Waals surface area contributed by atoms with Gasteiger partial charge in [-0.05, 0) is 26.8 Å². The first-order chi connectivity index (χ1) is 9.24. The zero-order chi connectivity index (χ0) is 15.3. The second kappa shape index (κ2) is 6.81. The van der Waals surface area contributed by atoms with Crippen LogP contribution in [0.25, 0.3) is 0 Å². The number of phenolic OH excluding ortho intramolecular Hbond substituents is 1. The maximum Gasteiger partial charge on any atom is 0.407 e. The Morgan fingerprint density at radius 3 is 2.70 bits per heavy atom. The highest BCUT2D eigenvalue weighted by Crippen LogP contribution is 2.31. The van der Waals surface area contributed by atoms with Crippen molar-refractivity contribution in [3.63, 3.8) is 0 Å². The number of rotatable bonds is 4. The van der Waals surface area contributed by atoms with Gasteiger partial charge in [-0.1, -0.05) is 23.7 Å². The molecule has 0 saturated heterocycles. The molecule has 1 unspecified atom stereocenters. The van der Waals surface area contributed by atoms with Gasteiger partial charge >= 0.3 is 6.09 Å². The third-order valence-corrected chi connectivity index (χ3v) is 2.94. The molecule has 0 aromatic heterocycles. The van der Waals surface area contributed by atoms with Gasteiger partial charge in [-0.25, -0.2) is 4.79 Å². The van der Waals surface area contributed by atoms with E-state index < -0.39 is 11.7 Å². The van der Waals surface area contributed by atoms with Crippen LogP contribution in [-0.2, 0) is 4.74 Å². The van der Waals surface area contributed by atoms with Gasteiger partial charge in [0.25, 0.3) is 0 Å². The van der Waals surface area contributed by atoms with Crippen molar-refractivity contribution in [2.24, 2.45) is 5.73 Å². The van der Waals surface area contributed by atoms with E-state index in [1.807, 2.05) is 0 Å². The highest BCUT2D eigenvalue weighted by Gasteiger charge is 2.19. The van der Waals surface area contributed by atoms with Crippen LogP contribution in [-0.4, -0.2) is 29.9 Å². The van der Waals surface area contributed by atoms with Crippen molar-refractivity contribution < 1.29 is 14.6 Å². The molecule has 0 radical (unpaired) electrons.